The summed E-state index contributed by atoms with van der Waals surface area (Å²) in [6.45, 7) is 4.41. The van der Waals surface area contributed by atoms with E-state index >= 15 is 0 Å². The molecule has 1 saturated heterocycles. The second-order valence-electron chi connectivity index (χ2n) is 5.77. The number of rotatable bonds is 4. The lowest BCUT2D eigenvalue weighted by Crippen LogP contribution is -2.09. The maximum absolute atomic E-state index is 9.76. The van der Waals surface area contributed by atoms with Crippen LogP contribution < -0.4 is 5.32 Å². The minimum absolute atomic E-state index is 0.119. The Morgan fingerprint density at radius 1 is 1.14 bits per heavy atom. The lowest BCUT2D eigenvalue weighted by Gasteiger charge is -2.16. The van der Waals surface area contributed by atoms with Crippen molar-refractivity contribution in [1.82, 2.24) is 5.32 Å². The molecule has 0 spiro atoms. The van der Waals surface area contributed by atoms with E-state index in [-0.39, 0.29) is 6.61 Å². The lowest BCUT2D eigenvalue weighted by molar-refractivity contribution is 0.280. The largest absolute Gasteiger partial charge is 0.392 e. The van der Waals surface area contributed by atoms with E-state index < -0.39 is 0 Å². The van der Waals surface area contributed by atoms with Crippen molar-refractivity contribution >= 4 is 0 Å². The predicted octanol–water partition coefficient (Wildman–Crippen LogP) is 3.49. The van der Waals surface area contributed by atoms with E-state index in [1.165, 1.54) is 22.3 Å². The molecular weight excluding hydrogens is 258 g/mol. The van der Waals surface area contributed by atoms with E-state index in [1.54, 1.807) is 0 Å². The maximum Gasteiger partial charge on any atom is 0.0684 e. The van der Waals surface area contributed by atoms with Crippen LogP contribution in [-0.4, -0.2) is 18.2 Å². The molecule has 2 nitrogen and oxygen atoms in total. The summed E-state index contributed by atoms with van der Waals surface area (Å²) in [7, 11) is 0. The smallest absolute Gasteiger partial charge is 0.0684 e. The number of hydrogen-bond acceptors (Lipinski definition) is 2. The van der Waals surface area contributed by atoms with Gasteiger partial charge in [-0.05, 0) is 59.2 Å². The van der Waals surface area contributed by atoms with Crippen molar-refractivity contribution in [2.75, 3.05) is 13.1 Å². The molecule has 1 aliphatic rings. The van der Waals surface area contributed by atoms with Crippen LogP contribution in [0.1, 0.15) is 36.0 Å². The fourth-order valence-corrected chi connectivity index (χ4v) is 3.34. The van der Waals surface area contributed by atoms with Crippen LogP contribution in [0.25, 0.3) is 11.1 Å². The molecule has 0 amide bonds. The SMILES string of the molecule is CCc1ccccc1-c1ccc(C2CCNC2)c(CO)c1. The molecule has 110 valence electrons. The van der Waals surface area contributed by atoms with Crippen molar-refractivity contribution in [1.29, 1.82) is 0 Å². The third kappa shape index (κ3) is 2.87. The normalized spacial score (nSPS) is 18.1. The average Bonchev–Trinajstić information content (AvgIpc) is 3.08. The number of benzene rings is 2. The van der Waals surface area contributed by atoms with Gasteiger partial charge in [-0.15, -0.1) is 0 Å². The maximum atomic E-state index is 9.76. The topological polar surface area (TPSA) is 32.3 Å². The molecule has 2 N–H and O–H groups in total. The predicted molar refractivity (Wildman–Crippen MR) is 87.4 cm³/mol. The Morgan fingerprint density at radius 3 is 2.71 bits per heavy atom. The molecular formula is C19H23NO. The Kier molecular flexibility index (Phi) is 4.37. The molecule has 0 bridgehead atoms. The van der Waals surface area contributed by atoms with Gasteiger partial charge in [0, 0.05) is 6.54 Å². The van der Waals surface area contributed by atoms with Crippen molar-refractivity contribution in [3.8, 4) is 11.1 Å². The average molecular weight is 281 g/mol. The van der Waals surface area contributed by atoms with Crippen LogP contribution in [-0.2, 0) is 13.0 Å². The Balaban J connectivity index is 2.01. The summed E-state index contributed by atoms with van der Waals surface area (Å²) < 4.78 is 0. The molecule has 0 radical (unpaired) electrons. The number of aryl methyl sites for hydroxylation is 1. The number of hydrogen-bond donors (Lipinski definition) is 2. The van der Waals surface area contributed by atoms with Crippen LogP contribution in [0.5, 0.6) is 0 Å². The van der Waals surface area contributed by atoms with E-state index in [2.05, 4.69) is 54.7 Å². The molecule has 1 aliphatic heterocycles. The second kappa shape index (κ2) is 6.42. The zero-order chi connectivity index (χ0) is 14.7. The second-order valence-corrected chi connectivity index (χ2v) is 5.77. The first-order valence-electron chi connectivity index (χ1n) is 7.86. The highest BCUT2D eigenvalue weighted by Crippen LogP contribution is 2.31. The van der Waals surface area contributed by atoms with Gasteiger partial charge in [-0.1, -0.05) is 43.3 Å². The lowest BCUT2D eigenvalue weighted by atomic mass is 9.89. The molecule has 2 aromatic rings. The van der Waals surface area contributed by atoms with Gasteiger partial charge in [0.25, 0.3) is 0 Å². The van der Waals surface area contributed by atoms with E-state index in [1.807, 2.05) is 0 Å². The van der Waals surface area contributed by atoms with Crippen LogP contribution in [0.2, 0.25) is 0 Å². The highest BCUT2D eigenvalue weighted by Gasteiger charge is 2.19. The van der Waals surface area contributed by atoms with Crippen molar-refractivity contribution in [3.05, 3.63) is 59.2 Å². The number of nitrogens with one attached hydrogen (secondary N) is 1. The third-order valence-electron chi connectivity index (χ3n) is 4.52. The summed E-state index contributed by atoms with van der Waals surface area (Å²) in [5.74, 6) is 0.544. The minimum Gasteiger partial charge on any atom is -0.392 e. The fourth-order valence-electron chi connectivity index (χ4n) is 3.34. The van der Waals surface area contributed by atoms with Crippen LogP contribution in [0.15, 0.2) is 42.5 Å². The molecule has 1 fully saturated rings. The van der Waals surface area contributed by atoms with Gasteiger partial charge >= 0.3 is 0 Å². The minimum atomic E-state index is 0.119. The first kappa shape index (κ1) is 14.3. The highest BCUT2D eigenvalue weighted by atomic mass is 16.3. The van der Waals surface area contributed by atoms with Crippen molar-refractivity contribution in [3.63, 3.8) is 0 Å². The van der Waals surface area contributed by atoms with Gasteiger partial charge in [-0.2, -0.15) is 0 Å². The summed E-state index contributed by atoms with van der Waals surface area (Å²) in [6, 6.07) is 15.1. The van der Waals surface area contributed by atoms with Crippen molar-refractivity contribution in [2.45, 2.75) is 32.3 Å². The van der Waals surface area contributed by atoms with E-state index in [4.69, 9.17) is 0 Å². The van der Waals surface area contributed by atoms with Gasteiger partial charge in [0.2, 0.25) is 0 Å². The number of aliphatic hydroxyl groups excluding tert-OH is 1. The molecule has 0 aliphatic carbocycles. The standard InChI is InChI=1S/C19H23NO/c1-2-14-5-3-4-6-18(14)15-7-8-19(17(11-15)13-21)16-9-10-20-12-16/h3-8,11,16,20-21H,2,9-10,12-13H2,1H3. The van der Waals surface area contributed by atoms with Gasteiger partial charge in [0.05, 0.1) is 6.61 Å². The fraction of sp³-hybridized carbons (Fsp3) is 0.368. The molecule has 2 heteroatoms. The molecule has 2 aromatic carbocycles. The monoisotopic (exact) mass is 281 g/mol. The zero-order valence-electron chi connectivity index (χ0n) is 12.6. The molecule has 1 heterocycles. The summed E-state index contributed by atoms with van der Waals surface area (Å²) in [5, 5.41) is 13.2. The van der Waals surface area contributed by atoms with Gasteiger partial charge in [0.1, 0.15) is 0 Å². The van der Waals surface area contributed by atoms with Crippen LogP contribution in [0.3, 0.4) is 0 Å². The first-order chi connectivity index (χ1) is 10.3. The van der Waals surface area contributed by atoms with Crippen LogP contribution >= 0.6 is 0 Å². The molecule has 21 heavy (non-hydrogen) atoms. The summed E-state index contributed by atoms with van der Waals surface area (Å²) >= 11 is 0. The van der Waals surface area contributed by atoms with E-state index in [9.17, 15) is 5.11 Å². The Morgan fingerprint density at radius 2 is 2.00 bits per heavy atom. The summed E-state index contributed by atoms with van der Waals surface area (Å²) in [6.07, 6.45) is 2.19. The van der Waals surface area contributed by atoms with Gasteiger partial charge in [0.15, 0.2) is 0 Å². The van der Waals surface area contributed by atoms with Gasteiger partial charge in [-0.3, -0.25) is 0 Å². The van der Waals surface area contributed by atoms with E-state index in [0.717, 1.165) is 31.5 Å². The van der Waals surface area contributed by atoms with Gasteiger partial charge in [-0.25, -0.2) is 0 Å². The van der Waals surface area contributed by atoms with Crippen molar-refractivity contribution in [2.24, 2.45) is 0 Å². The molecule has 1 unspecified atom stereocenters. The molecule has 1 atom stereocenters. The summed E-state index contributed by atoms with van der Waals surface area (Å²) in [4.78, 5) is 0. The van der Waals surface area contributed by atoms with Crippen molar-refractivity contribution < 1.29 is 5.11 Å². The van der Waals surface area contributed by atoms with Gasteiger partial charge < -0.3 is 10.4 Å². The first-order valence-corrected chi connectivity index (χ1v) is 7.86. The quantitative estimate of drug-likeness (QED) is 0.899. The molecule has 0 saturated carbocycles. The Hall–Kier alpha value is -1.64. The Bertz CT molecular complexity index is 615. The zero-order valence-corrected chi connectivity index (χ0v) is 12.6. The number of aliphatic hydroxyl groups is 1. The Labute approximate surface area is 126 Å². The van der Waals surface area contributed by atoms with Crippen LogP contribution in [0, 0.1) is 0 Å². The molecule has 3 rings (SSSR count). The summed E-state index contributed by atoms with van der Waals surface area (Å²) in [5.41, 5.74) is 6.24. The third-order valence-corrected chi connectivity index (χ3v) is 4.52. The highest BCUT2D eigenvalue weighted by molar-refractivity contribution is 5.68. The molecule has 0 aromatic heterocycles. The van der Waals surface area contributed by atoms with E-state index in [0.29, 0.717) is 5.92 Å². The van der Waals surface area contributed by atoms with Crippen LogP contribution in [0.4, 0.5) is 0 Å².